The molecule has 27 heavy (non-hydrogen) atoms. The van der Waals surface area contributed by atoms with Gasteiger partial charge in [0.1, 0.15) is 17.0 Å². The fourth-order valence-electron chi connectivity index (χ4n) is 3.43. The summed E-state index contributed by atoms with van der Waals surface area (Å²) in [6.45, 7) is 3.69. The zero-order valence-corrected chi connectivity index (χ0v) is 16.3. The molecule has 5 nitrogen and oxygen atoms in total. The fraction of sp³-hybridized carbons (Fsp3) is 0.316. The number of hydrogen-bond donors (Lipinski definition) is 1. The van der Waals surface area contributed by atoms with Crippen LogP contribution in [0.4, 0.5) is 15.9 Å². The van der Waals surface area contributed by atoms with Crippen LogP contribution in [0.1, 0.15) is 34.5 Å². The summed E-state index contributed by atoms with van der Waals surface area (Å²) in [5, 5.41) is 3.36. The number of hydrogen-bond acceptors (Lipinski definition) is 5. The van der Waals surface area contributed by atoms with Crippen molar-refractivity contribution in [3.8, 4) is 0 Å². The number of halogens is 2. The van der Waals surface area contributed by atoms with Crippen molar-refractivity contribution in [2.75, 3.05) is 23.3 Å². The van der Waals surface area contributed by atoms with E-state index in [1.54, 1.807) is 12.4 Å². The molecule has 3 aromatic rings. The average molecular weight is 405 g/mol. The highest BCUT2D eigenvalue weighted by Gasteiger charge is 2.25. The van der Waals surface area contributed by atoms with Gasteiger partial charge in [-0.1, -0.05) is 17.7 Å². The van der Waals surface area contributed by atoms with Crippen LogP contribution in [0.15, 0.2) is 24.5 Å². The minimum atomic E-state index is -0.641. The number of anilines is 2. The van der Waals surface area contributed by atoms with Crippen molar-refractivity contribution in [2.24, 2.45) is 0 Å². The summed E-state index contributed by atoms with van der Waals surface area (Å²) in [6, 6.07) is 4.53. The maximum absolute atomic E-state index is 14.2. The van der Waals surface area contributed by atoms with Gasteiger partial charge in [0.2, 0.25) is 0 Å². The fourth-order valence-corrected chi connectivity index (χ4v) is 4.59. The molecule has 0 saturated carbocycles. The van der Waals surface area contributed by atoms with Crippen molar-refractivity contribution < 1.29 is 9.18 Å². The lowest BCUT2D eigenvalue weighted by molar-refractivity contribution is 0.102. The number of amides is 1. The Morgan fingerprint density at radius 3 is 2.81 bits per heavy atom. The predicted octanol–water partition coefficient (Wildman–Crippen LogP) is 5.03. The third-order valence-electron chi connectivity index (χ3n) is 4.73. The molecular formula is C19H18ClFN4OS. The maximum Gasteiger partial charge on any atom is 0.257 e. The molecule has 1 saturated heterocycles. The monoisotopic (exact) mass is 404 g/mol. The van der Waals surface area contributed by atoms with Gasteiger partial charge in [0.25, 0.3) is 5.91 Å². The van der Waals surface area contributed by atoms with Crippen molar-refractivity contribution in [1.29, 1.82) is 0 Å². The van der Waals surface area contributed by atoms with E-state index in [2.05, 4.69) is 20.2 Å². The van der Waals surface area contributed by atoms with Crippen LogP contribution in [0, 0.1) is 12.7 Å². The largest absolute Gasteiger partial charge is 0.356 e. The van der Waals surface area contributed by atoms with E-state index in [0.717, 1.165) is 46.8 Å². The smallest absolute Gasteiger partial charge is 0.257 e. The number of thiophene rings is 1. The van der Waals surface area contributed by atoms with Gasteiger partial charge in [-0.2, -0.15) is 0 Å². The van der Waals surface area contributed by atoms with E-state index in [0.29, 0.717) is 5.56 Å². The summed E-state index contributed by atoms with van der Waals surface area (Å²) >= 11 is 7.27. The van der Waals surface area contributed by atoms with Gasteiger partial charge in [0.05, 0.1) is 21.7 Å². The topological polar surface area (TPSA) is 58.1 Å². The van der Waals surface area contributed by atoms with Crippen molar-refractivity contribution in [3.63, 3.8) is 0 Å². The first kappa shape index (κ1) is 18.1. The van der Waals surface area contributed by atoms with Crippen LogP contribution in [0.3, 0.4) is 0 Å². The van der Waals surface area contributed by atoms with Gasteiger partial charge >= 0.3 is 0 Å². The van der Waals surface area contributed by atoms with Crippen LogP contribution >= 0.6 is 22.9 Å². The van der Waals surface area contributed by atoms with E-state index < -0.39 is 5.82 Å². The van der Waals surface area contributed by atoms with Crippen molar-refractivity contribution in [3.05, 3.63) is 45.8 Å². The van der Waals surface area contributed by atoms with E-state index in [-0.39, 0.29) is 16.6 Å². The first-order chi connectivity index (χ1) is 13.1. The molecule has 0 bridgehead atoms. The SMILES string of the molecule is Cc1sc2ncnc(N3CCCCC3)c2c1C(=O)Nc1cccc(Cl)c1F. The van der Waals surface area contributed by atoms with Gasteiger partial charge < -0.3 is 10.2 Å². The quantitative estimate of drug-likeness (QED) is 0.664. The molecule has 0 atom stereocenters. The number of carbonyl (C=O) groups is 1. The van der Waals surface area contributed by atoms with Crippen molar-refractivity contribution in [2.45, 2.75) is 26.2 Å². The number of rotatable bonds is 3. The van der Waals surface area contributed by atoms with Gasteiger partial charge in [-0.25, -0.2) is 14.4 Å². The molecule has 1 aromatic carbocycles. The summed E-state index contributed by atoms with van der Waals surface area (Å²) < 4.78 is 14.2. The van der Waals surface area contributed by atoms with E-state index in [9.17, 15) is 9.18 Å². The van der Waals surface area contributed by atoms with Gasteiger partial charge in [-0.3, -0.25) is 4.79 Å². The third kappa shape index (κ3) is 3.37. The molecule has 1 amide bonds. The lowest BCUT2D eigenvalue weighted by Crippen LogP contribution is -2.30. The van der Waals surface area contributed by atoms with E-state index in [4.69, 9.17) is 11.6 Å². The average Bonchev–Trinajstić information content (AvgIpc) is 3.02. The lowest BCUT2D eigenvalue weighted by Gasteiger charge is -2.28. The molecule has 1 fully saturated rings. The predicted molar refractivity (Wildman–Crippen MR) is 108 cm³/mol. The highest BCUT2D eigenvalue weighted by Crippen LogP contribution is 2.36. The Bertz CT molecular complexity index is 1020. The zero-order chi connectivity index (χ0) is 19.0. The molecule has 140 valence electrons. The van der Waals surface area contributed by atoms with Crippen LogP contribution < -0.4 is 10.2 Å². The van der Waals surface area contributed by atoms with Gasteiger partial charge in [-0.05, 0) is 38.3 Å². The number of carbonyl (C=O) groups excluding carboxylic acids is 1. The number of nitrogens with one attached hydrogen (secondary N) is 1. The minimum absolute atomic E-state index is 0.0305. The number of benzene rings is 1. The zero-order valence-electron chi connectivity index (χ0n) is 14.8. The molecule has 0 spiro atoms. The lowest BCUT2D eigenvalue weighted by atomic mass is 10.1. The second-order valence-corrected chi connectivity index (χ2v) is 8.12. The van der Waals surface area contributed by atoms with Crippen LogP contribution in [0.5, 0.6) is 0 Å². The third-order valence-corrected chi connectivity index (χ3v) is 6.03. The molecule has 4 rings (SSSR count). The van der Waals surface area contributed by atoms with Crippen LogP contribution in [0.25, 0.3) is 10.2 Å². The molecule has 2 aromatic heterocycles. The van der Waals surface area contributed by atoms with Crippen molar-refractivity contribution >= 4 is 50.6 Å². The Kier molecular flexibility index (Phi) is 4.97. The summed E-state index contributed by atoms with van der Waals surface area (Å²) in [5.41, 5.74) is 0.554. The van der Waals surface area contributed by atoms with Crippen LogP contribution in [-0.2, 0) is 0 Å². The second-order valence-electron chi connectivity index (χ2n) is 6.51. The first-order valence-corrected chi connectivity index (χ1v) is 10.00. The van der Waals surface area contributed by atoms with Gasteiger partial charge in [0, 0.05) is 18.0 Å². The van der Waals surface area contributed by atoms with Gasteiger partial charge in [0.15, 0.2) is 5.82 Å². The molecule has 1 aliphatic rings. The Morgan fingerprint density at radius 1 is 1.26 bits per heavy atom. The molecule has 8 heteroatoms. The molecule has 1 N–H and O–H groups in total. The van der Waals surface area contributed by atoms with E-state index in [1.165, 1.54) is 29.9 Å². The summed E-state index contributed by atoms with van der Waals surface area (Å²) in [7, 11) is 0. The Labute approximate surface area is 165 Å². The highest BCUT2D eigenvalue weighted by molar-refractivity contribution is 7.19. The molecular weight excluding hydrogens is 387 g/mol. The molecule has 0 radical (unpaired) electrons. The molecule has 3 heterocycles. The normalized spacial score (nSPS) is 14.6. The minimum Gasteiger partial charge on any atom is -0.356 e. The highest BCUT2D eigenvalue weighted by atomic mass is 35.5. The number of aryl methyl sites for hydroxylation is 1. The Hall–Kier alpha value is -2.25. The van der Waals surface area contributed by atoms with Crippen LogP contribution in [-0.4, -0.2) is 29.0 Å². The number of fused-ring (bicyclic) bond motifs is 1. The van der Waals surface area contributed by atoms with Gasteiger partial charge in [-0.15, -0.1) is 11.3 Å². The first-order valence-electron chi connectivity index (χ1n) is 8.80. The Balaban J connectivity index is 1.77. The summed E-state index contributed by atoms with van der Waals surface area (Å²) in [5.74, 6) is -0.244. The standard InChI is InChI=1S/C19H18ClFN4OS/c1-11-14(18(26)24-13-7-5-6-12(20)16(13)21)15-17(22-10-23-19(15)27-11)25-8-3-2-4-9-25/h5-7,10H,2-4,8-9H2,1H3,(H,24,26). The molecule has 0 unspecified atom stereocenters. The number of aromatic nitrogens is 2. The van der Waals surface area contributed by atoms with E-state index >= 15 is 0 Å². The summed E-state index contributed by atoms with van der Waals surface area (Å²) in [6.07, 6.45) is 4.95. The molecule has 0 aliphatic carbocycles. The maximum atomic E-state index is 14.2. The second kappa shape index (κ2) is 7.40. The van der Waals surface area contributed by atoms with Crippen molar-refractivity contribution in [1.82, 2.24) is 9.97 Å². The number of nitrogens with zero attached hydrogens (tertiary/aromatic N) is 3. The Morgan fingerprint density at radius 2 is 2.04 bits per heavy atom. The molecule has 1 aliphatic heterocycles. The van der Waals surface area contributed by atoms with E-state index in [1.807, 2.05) is 6.92 Å². The summed E-state index contributed by atoms with van der Waals surface area (Å²) in [4.78, 5) is 25.6. The number of piperidine rings is 1. The van der Waals surface area contributed by atoms with Crippen LogP contribution in [0.2, 0.25) is 5.02 Å².